The summed E-state index contributed by atoms with van der Waals surface area (Å²) in [6.45, 7) is 8.64. The Morgan fingerprint density at radius 1 is 1.59 bits per heavy atom. The van der Waals surface area contributed by atoms with Gasteiger partial charge in [-0.3, -0.25) is 0 Å². The summed E-state index contributed by atoms with van der Waals surface area (Å²) in [5, 5.41) is 15.1. The van der Waals surface area contributed by atoms with Gasteiger partial charge in [0.25, 0.3) is 0 Å². The predicted molar refractivity (Wildman–Crippen MR) is 68.3 cm³/mol. The SMILES string of the molecule is CC1(CNCCC(C)(C)C(N)=NO)CCCO1. The van der Waals surface area contributed by atoms with Gasteiger partial charge in [-0.2, -0.15) is 0 Å². The number of nitrogens with two attached hydrogens (primary N) is 1. The lowest BCUT2D eigenvalue weighted by Crippen LogP contribution is -2.40. The molecular formula is C12H25N3O2. The van der Waals surface area contributed by atoms with Crippen molar-refractivity contribution in [3.63, 3.8) is 0 Å². The molecule has 5 heteroatoms. The minimum absolute atomic E-state index is 0.0131. The number of hydrogen-bond donors (Lipinski definition) is 3. The topological polar surface area (TPSA) is 79.9 Å². The number of oxime groups is 1. The van der Waals surface area contributed by atoms with Gasteiger partial charge in [-0.15, -0.1) is 0 Å². The molecule has 0 saturated carbocycles. The Labute approximate surface area is 103 Å². The zero-order valence-electron chi connectivity index (χ0n) is 11.1. The molecule has 1 heterocycles. The van der Waals surface area contributed by atoms with Gasteiger partial charge in [-0.1, -0.05) is 19.0 Å². The molecule has 0 radical (unpaired) electrons. The highest BCUT2D eigenvalue weighted by molar-refractivity contribution is 5.85. The van der Waals surface area contributed by atoms with Crippen molar-refractivity contribution in [3.8, 4) is 0 Å². The largest absolute Gasteiger partial charge is 0.409 e. The zero-order chi connectivity index (χ0) is 12.9. The molecule has 0 aromatic heterocycles. The molecule has 1 saturated heterocycles. The molecule has 0 aliphatic carbocycles. The predicted octanol–water partition coefficient (Wildman–Crippen LogP) is 1.31. The number of ether oxygens (including phenoxy) is 1. The van der Waals surface area contributed by atoms with Gasteiger partial charge in [0, 0.05) is 18.6 Å². The monoisotopic (exact) mass is 243 g/mol. The molecule has 1 fully saturated rings. The van der Waals surface area contributed by atoms with E-state index in [1.165, 1.54) is 0 Å². The molecule has 1 atom stereocenters. The second-order valence-electron chi connectivity index (χ2n) is 5.70. The van der Waals surface area contributed by atoms with E-state index in [9.17, 15) is 0 Å². The van der Waals surface area contributed by atoms with Crippen LogP contribution in [0.25, 0.3) is 0 Å². The summed E-state index contributed by atoms with van der Waals surface area (Å²) in [6, 6.07) is 0. The van der Waals surface area contributed by atoms with Gasteiger partial charge in [0.2, 0.25) is 0 Å². The van der Waals surface area contributed by atoms with Crippen LogP contribution in [-0.2, 0) is 4.74 Å². The molecule has 17 heavy (non-hydrogen) atoms. The molecule has 100 valence electrons. The Kier molecular flexibility index (Phi) is 4.77. The van der Waals surface area contributed by atoms with E-state index in [1.54, 1.807) is 0 Å². The zero-order valence-corrected chi connectivity index (χ0v) is 11.1. The molecule has 1 aliphatic rings. The van der Waals surface area contributed by atoms with Crippen molar-refractivity contribution in [1.82, 2.24) is 5.32 Å². The summed E-state index contributed by atoms with van der Waals surface area (Å²) in [5.74, 6) is 0.280. The third-order valence-corrected chi connectivity index (χ3v) is 3.53. The average molecular weight is 243 g/mol. The first-order valence-corrected chi connectivity index (χ1v) is 6.22. The number of nitrogens with one attached hydrogen (secondary N) is 1. The van der Waals surface area contributed by atoms with Crippen molar-refractivity contribution in [1.29, 1.82) is 0 Å². The van der Waals surface area contributed by atoms with Crippen LogP contribution in [0.2, 0.25) is 0 Å². The lowest BCUT2D eigenvalue weighted by molar-refractivity contribution is 0.0207. The first kappa shape index (κ1) is 14.3. The summed E-state index contributed by atoms with van der Waals surface area (Å²) in [4.78, 5) is 0. The number of nitrogens with zero attached hydrogens (tertiary/aromatic N) is 1. The molecule has 0 amide bonds. The molecule has 0 spiro atoms. The number of hydrogen-bond acceptors (Lipinski definition) is 4. The summed E-state index contributed by atoms with van der Waals surface area (Å²) >= 11 is 0. The maximum Gasteiger partial charge on any atom is 0.144 e. The highest BCUT2D eigenvalue weighted by Crippen LogP contribution is 2.24. The summed E-state index contributed by atoms with van der Waals surface area (Å²) in [6.07, 6.45) is 3.09. The van der Waals surface area contributed by atoms with Gasteiger partial charge in [0.05, 0.1) is 5.60 Å². The minimum atomic E-state index is -0.279. The third kappa shape index (κ3) is 4.16. The van der Waals surface area contributed by atoms with Crippen molar-refractivity contribution in [2.45, 2.75) is 45.6 Å². The van der Waals surface area contributed by atoms with Gasteiger partial charge in [-0.25, -0.2) is 0 Å². The summed E-state index contributed by atoms with van der Waals surface area (Å²) < 4.78 is 5.69. The van der Waals surface area contributed by atoms with E-state index in [0.717, 1.165) is 39.0 Å². The second-order valence-corrected chi connectivity index (χ2v) is 5.70. The van der Waals surface area contributed by atoms with E-state index in [0.29, 0.717) is 0 Å². The number of amidine groups is 1. The Morgan fingerprint density at radius 2 is 2.29 bits per heavy atom. The molecule has 1 aliphatic heterocycles. The van der Waals surface area contributed by atoms with Gasteiger partial charge in [0.15, 0.2) is 0 Å². The minimum Gasteiger partial charge on any atom is -0.409 e. The molecule has 1 unspecified atom stereocenters. The Bertz CT molecular complexity index is 271. The fraction of sp³-hybridized carbons (Fsp3) is 0.917. The van der Waals surface area contributed by atoms with Crippen LogP contribution in [0.4, 0.5) is 0 Å². The van der Waals surface area contributed by atoms with Crippen LogP contribution >= 0.6 is 0 Å². The third-order valence-electron chi connectivity index (χ3n) is 3.53. The molecule has 0 aromatic rings. The van der Waals surface area contributed by atoms with Crippen LogP contribution in [0, 0.1) is 5.41 Å². The van der Waals surface area contributed by atoms with Crippen LogP contribution in [0.3, 0.4) is 0 Å². The fourth-order valence-electron chi connectivity index (χ4n) is 1.99. The van der Waals surface area contributed by atoms with E-state index in [1.807, 2.05) is 13.8 Å². The van der Waals surface area contributed by atoms with Crippen LogP contribution in [-0.4, -0.2) is 36.3 Å². The van der Waals surface area contributed by atoms with Crippen molar-refractivity contribution < 1.29 is 9.94 Å². The van der Waals surface area contributed by atoms with Crippen molar-refractivity contribution in [3.05, 3.63) is 0 Å². The van der Waals surface area contributed by atoms with Crippen LogP contribution in [0.1, 0.15) is 40.0 Å². The molecule has 1 rings (SSSR count). The molecule has 0 aromatic carbocycles. The van der Waals surface area contributed by atoms with Gasteiger partial charge < -0.3 is 21.0 Å². The Balaban J connectivity index is 2.24. The van der Waals surface area contributed by atoms with Gasteiger partial charge >= 0.3 is 0 Å². The van der Waals surface area contributed by atoms with Crippen molar-refractivity contribution >= 4 is 5.84 Å². The molecular weight excluding hydrogens is 218 g/mol. The molecule has 0 bridgehead atoms. The van der Waals surface area contributed by atoms with Crippen molar-refractivity contribution in [2.75, 3.05) is 19.7 Å². The first-order chi connectivity index (χ1) is 7.90. The number of rotatable bonds is 6. The van der Waals surface area contributed by atoms with Crippen LogP contribution in [0.15, 0.2) is 5.16 Å². The average Bonchev–Trinajstić information content (AvgIpc) is 2.71. The maximum atomic E-state index is 8.66. The Morgan fingerprint density at radius 3 is 2.82 bits per heavy atom. The maximum absolute atomic E-state index is 8.66. The lowest BCUT2D eigenvalue weighted by atomic mass is 9.88. The highest BCUT2D eigenvalue weighted by atomic mass is 16.5. The molecule has 4 N–H and O–H groups in total. The van der Waals surface area contributed by atoms with E-state index >= 15 is 0 Å². The first-order valence-electron chi connectivity index (χ1n) is 6.22. The van der Waals surface area contributed by atoms with Crippen LogP contribution in [0.5, 0.6) is 0 Å². The standard InChI is InChI=1S/C12H25N3O2/c1-11(2,10(13)15-16)6-7-14-9-12(3)5-4-8-17-12/h14,16H,4-9H2,1-3H3,(H2,13,15). The van der Waals surface area contributed by atoms with Crippen LogP contribution < -0.4 is 11.1 Å². The highest BCUT2D eigenvalue weighted by Gasteiger charge is 2.29. The smallest absolute Gasteiger partial charge is 0.144 e. The summed E-state index contributed by atoms with van der Waals surface area (Å²) in [7, 11) is 0. The quantitative estimate of drug-likeness (QED) is 0.216. The summed E-state index contributed by atoms with van der Waals surface area (Å²) in [5.41, 5.74) is 5.34. The van der Waals surface area contributed by atoms with E-state index in [4.69, 9.17) is 15.7 Å². The lowest BCUT2D eigenvalue weighted by Gasteiger charge is -2.26. The van der Waals surface area contributed by atoms with E-state index in [2.05, 4.69) is 17.4 Å². The Hall–Kier alpha value is -0.810. The second kappa shape index (κ2) is 5.69. The fourth-order valence-corrected chi connectivity index (χ4v) is 1.99. The van der Waals surface area contributed by atoms with E-state index in [-0.39, 0.29) is 16.9 Å². The molecule has 5 nitrogen and oxygen atoms in total. The normalized spacial score (nSPS) is 26.4. The van der Waals surface area contributed by atoms with E-state index < -0.39 is 0 Å². The van der Waals surface area contributed by atoms with Gasteiger partial charge in [0.1, 0.15) is 5.84 Å². The van der Waals surface area contributed by atoms with Gasteiger partial charge in [-0.05, 0) is 32.7 Å². The van der Waals surface area contributed by atoms with Crippen molar-refractivity contribution in [2.24, 2.45) is 16.3 Å².